The van der Waals surface area contributed by atoms with Gasteiger partial charge in [-0.05, 0) is 44.0 Å². The minimum atomic E-state index is -0.939. The molecule has 2 aromatic carbocycles. The molecule has 0 aliphatic rings. The van der Waals surface area contributed by atoms with Crippen LogP contribution in [0.15, 0.2) is 57.5 Å². The molecule has 1 heterocycles. The molecule has 3 rings (SSSR count). The van der Waals surface area contributed by atoms with Crippen LogP contribution in [0.5, 0.6) is 5.75 Å². The van der Waals surface area contributed by atoms with Gasteiger partial charge in [-0.3, -0.25) is 24.2 Å². The number of hydrogen-bond acceptors (Lipinski definition) is 6. The molecule has 0 saturated heterocycles. The zero-order valence-corrected chi connectivity index (χ0v) is 17.6. The minimum Gasteiger partial charge on any atom is -0.504 e. The Bertz CT molecular complexity index is 1240. The molecule has 0 aliphatic carbocycles. The zero-order valence-electron chi connectivity index (χ0n) is 17.6. The highest BCUT2D eigenvalue weighted by molar-refractivity contribution is 6.06. The van der Waals surface area contributed by atoms with Crippen LogP contribution in [0.1, 0.15) is 34.5 Å². The topological polar surface area (TPSA) is 149 Å². The van der Waals surface area contributed by atoms with E-state index in [1.807, 2.05) is 19.1 Å². The second-order valence-corrected chi connectivity index (χ2v) is 7.18. The predicted molar refractivity (Wildman–Crippen MR) is 118 cm³/mol. The molecule has 4 N–H and O–H groups in total. The predicted octanol–water partition coefficient (Wildman–Crippen LogP) is 4.03. The number of hydrogen-bond donors (Lipinski definition) is 4. The average Bonchev–Trinajstić information content (AvgIpc) is 3.01. The summed E-state index contributed by atoms with van der Waals surface area (Å²) >= 11 is 0. The molecule has 0 spiro atoms. The van der Waals surface area contributed by atoms with Gasteiger partial charge in [0.1, 0.15) is 5.69 Å². The van der Waals surface area contributed by atoms with Gasteiger partial charge in [-0.25, -0.2) is 0 Å². The number of aliphatic carboxylic acids is 1. The fourth-order valence-corrected chi connectivity index (χ4v) is 3.09. The second-order valence-electron chi connectivity index (χ2n) is 7.18. The molecule has 1 amide bonds. The minimum absolute atomic E-state index is 0.0501. The first-order chi connectivity index (χ1) is 15.3. The van der Waals surface area contributed by atoms with Crippen molar-refractivity contribution in [3.63, 3.8) is 0 Å². The van der Waals surface area contributed by atoms with Crippen LogP contribution < -0.4 is 10.9 Å². The van der Waals surface area contributed by atoms with Gasteiger partial charge in [0.15, 0.2) is 11.4 Å². The van der Waals surface area contributed by atoms with Crippen LogP contribution in [0, 0.1) is 13.8 Å². The Kier molecular flexibility index (Phi) is 6.83. The maximum Gasteiger partial charge on any atom is 0.303 e. The molecular formula is C22H23N5O5. The van der Waals surface area contributed by atoms with Crippen LogP contribution in [-0.4, -0.2) is 31.9 Å². The fraction of sp³-hybridized carbons (Fsp3) is 0.227. The number of H-pyrrole nitrogens is 1. The van der Waals surface area contributed by atoms with Crippen molar-refractivity contribution in [2.75, 3.05) is 5.32 Å². The molecule has 0 atom stereocenters. The van der Waals surface area contributed by atoms with Crippen molar-refractivity contribution < 1.29 is 19.8 Å². The van der Waals surface area contributed by atoms with E-state index >= 15 is 0 Å². The summed E-state index contributed by atoms with van der Waals surface area (Å²) in [5, 5.41) is 32.7. The number of aromatic amines is 1. The Morgan fingerprint density at radius 2 is 1.84 bits per heavy atom. The average molecular weight is 437 g/mol. The molecule has 0 aliphatic heterocycles. The number of azo groups is 1. The van der Waals surface area contributed by atoms with E-state index in [-0.39, 0.29) is 48.1 Å². The summed E-state index contributed by atoms with van der Waals surface area (Å²) in [6, 6.07) is 11.7. The monoisotopic (exact) mass is 437 g/mol. The Morgan fingerprint density at radius 3 is 2.56 bits per heavy atom. The molecule has 166 valence electrons. The molecule has 1 aromatic heterocycles. The van der Waals surface area contributed by atoms with E-state index < -0.39 is 11.5 Å². The van der Waals surface area contributed by atoms with E-state index in [1.165, 1.54) is 16.8 Å². The van der Waals surface area contributed by atoms with Crippen molar-refractivity contribution in [1.29, 1.82) is 0 Å². The summed E-state index contributed by atoms with van der Waals surface area (Å²) < 4.78 is 1.27. The molecule has 0 radical (unpaired) electrons. The Labute approximate surface area is 183 Å². The summed E-state index contributed by atoms with van der Waals surface area (Å²) in [4.78, 5) is 35.7. The summed E-state index contributed by atoms with van der Waals surface area (Å²) in [6.45, 7) is 3.66. The van der Waals surface area contributed by atoms with Crippen molar-refractivity contribution in [2.24, 2.45) is 10.2 Å². The lowest BCUT2D eigenvalue weighted by Crippen LogP contribution is -2.17. The van der Waals surface area contributed by atoms with E-state index in [0.717, 1.165) is 5.56 Å². The number of carbonyl (C=O) groups excluding carboxylic acids is 1. The van der Waals surface area contributed by atoms with Crippen molar-refractivity contribution in [2.45, 2.75) is 33.2 Å². The Hall–Kier alpha value is -4.21. The first-order valence-corrected chi connectivity index (χ1v) is 9.90. The van der Waals surface area contributed by atoms with Crippen LogP contribution in [0.2, 0.25) is 0 Å². The Morgan fingerprint density at radius 1 is 1.09 bits per heavy atom. The lowest BCUT2D eigenvalue weighted by molar-refractivity contribution is -0.137. The second kappa shape index (κ2) is 9.73. The molecule has 0 fully saturated rings. The maximum absolute atomic E-state index is 12.5. The van der Waals surface area contributed by atoms with Crippen LogP contribution in [0.4, 0.5) is 17.1 Å². The SMILES string of the molecule is Cc1ccccc1C(=O)Nc1cccc(N=Nc2c(C)[nH]n(CCCC(=O)O)c2=O)c1O. The standard InChI is InChI=1S/C22H23N5O5/c1-13-7-3-4-8-15(13)21(31)23-16-9-5-10-17(20(16)30)24-25-19-14(2)26-27(22(19)32)12-6-11-18(28)29/h3-5,7-10,26,30H,6,11-12H2,1-2H3,(H,23,31)(H,28,29). The quantitative estimate of drug-likeness (QED) is 0.310. The molecule has 3 aromatic rings. The number of carboxylic acid groups (broad SMARTS) is 1. The number of aromatic hydroxyl groups is 1. The molecule has 0 unspecified atom stereocenters. The number of amides is 1. The van der Waals surface area contributed by atoms with Crippen LogP contribution in [0.25, 0.3) is 0 Å². The van der Waals surface area contributed by atoms with E-state index in [4.69, 9.17) is 5.11 Å². The largest absolute Gasteiger partial charge is 0.504 e. The first-order valence-electron chi connectivity index (χ1n) is 9.90. The number of carbonyl (C=O) groups is 2. The molecular weight excluding hydrogens is 414 g/mol. The summed E-state index contributed by atoms with van der Waals surface area (Å²) in [5.41, 5.74) is 1.57. The number of nitrogens with one attached hydrogen (secondary N) is 2. The molecule has 32 heavy (non-hydrogen) atoms. The maximum atomic E-state index is 12.5. The number of anilines is 1. The zero-order chi connectivity index (χ0) is 23.3. The smallest absolute Gasteiger partial charge is 0.303 e. The van der Waals surface area contributed by atoms with Crippen molar-refractivity contribution in [3.05, 3.63) is 69.6 Å². The first kappa shape index (κ1) is 22.5. The summed E-state index contributed by atoms with van der Waals surface area (Å²) in [5.74, 6) is -1.60. The van der Waals surface area contributed by atoms with Gasteiger partial charge in [0.2, 0.25) is 0 Å². The Balaban J connectivity index is 1.80. The lowest BCUT2D eigenvalue weighted by atomic mass is 10.1. The normalized spacial score (nSPS) is 11.1. The van der Waals surface area contributed by atoms with Gasteiger partial charge >= 0.3 is 5.97 Å². The van der Waals surface area contributed by atoms with Crippen LogP contribution in [-0.2, 0) is 11.3 Å². The fourth-order valence-electron chi connectivity index (χ4n) is 3.09. The van der Waals surface area contributed by atoms with Crippen LogP contribution >= 0.6 is 0 Å². The number of phenols is 1. The molecule has 10 nitrogen and oxygen atoms in total. The lowest BCUT2D eigenvalue weighted by Gasteiger charge is -2.10. The highest BCUT2D eigenvalue weighted by atomic mass is 16.4. The van der Waals surface area contributed by atoms with Gasteiger partial charge in [0.25, 0.3) is 11.5 Å². The van der Waals surface area contributed by atoms with Crippen molar-refractivity contribution in [3.8, 4) is 5.75 Å². The highest BCUT2D eigenvalue weighted by Crippen LogP contribution is 2.35. The van der Waals surface area contributed by atoms with E-state index in [2.05, 4.69) is 20.6 Å². The van der Waals surface area contributed by atoms with Crippen molar-refractivity contribution >= 4 is 28.9 Å². The number of nitrogens with zero attached hydrogens (tertiary/aromatic N) is 3. The number of benzene rings is 2. The van der Waals surface area contributed by atoms with E-state index in [1.54, 1.807) is 25.1 Å². The molecule has 0 saturated carbocycles. The summed E-state index contributed by atoms with van der Waals surface area (Å²) in [6.07, 6.45) is 0.228. The summed E-state index contributed by atoms with van der Waals surface area (Å²) in [7, 11) is 0. The number of para-hydroxylation sites is 1. The highest BCUT2D eigenvalue weighted by Gasteiger charge is 2.14. The van der Waals surface area contributed by atoms with Gasteiger partial charge < -0.3 is 15.5 Å². The number of aromatic nitrogens is 2. The third-order valence-corrected chi connectivity index (χ3v) is 4.79. The number of aryl methyl sites for hydroxylation is 3. The van der Waals surface area contributed by atoms with E-state index in [0.29, 0.717) is 11.3 Å². The number of carboxylic acids is 1. The van der Waals surface area contributed by atoms with E-state index in [9.17, 15) is 19.5 Å². The van der Waals surface area contributed by atoms with Gasteiger partial charge in [-0.15, -0.1) is 10.2 Å². The number of rotatable bonds is 8. The third kappa shape index (κ3) is 5.09. The van der Waals surface area contributed by atoms with Gasteiger partial charge in [0.05, 0.1) is 11.4 Å². The van der Waals surface area contributed by atoms with Gasteiger partial charge in [-0.2, -0.15) is 0 Å². The molecule has 10 heteroatoms. The molecule has 0 bridgehead atoms. The van der Waals surface area contributed by atoms with Crippen molar-refractivity contribution in [1.82, 2.24) is 9.78 Å². The number of phenolic OH excluding ortho intramolecular Hbond substituents is 1. The third-order valence-electron chi connectivity index (χ3n) is 4.79. The van der Waals surface area contributed by atoms with Crippen LogP contribution in [0.3, 0.4) is 0 Å². The van der Waals surface area contributed by atoms with Gasteiger partial charge in [0, 0.05) is 18.5 Å². The van der Waals surface area contributed by atoms with Gasteiger partial charge in [-0.1, -0.05) is 24.3 Å².